The van der Waals surface area contributed by atoms with Gasteiger partial charge in [0.1, 0.15) is 11.2 Å². The van der Waals surface area contributed by atoms with Crippen LogP contribution in [0.3, 0.4) is 0 Å². The summed E-state index contributed by atoms with van der Waals surface area (Å²) in [7, 11) is 0. The van der Waals surface area contributed by atoms with Gasteiger partial charge in [0.2, 0.25) is 0 Å². The van der Waals surface area contributed by atoms with Crippen LogP contribution in [0.5, 0.6) is 0 Å². The topological polar surface area (TPSA) is 84.1 Å². The molecule has 1 aromatic carbocycles. The zero-order valence-electron chi connectivity index (χ0n) is 14.1. The van der Waals surface area contributed by atoms with Gasteiger partial charge in [-0.05, 0) is 46.2 Å². The molecule has 3 aromatic rings. The van der Waals surface area contributed by atoms with Gasteiger partial charge in [-0.15, -0.1) is 16.4 Å². The lowest BCUT2D eigenvalue weighted by molar-refractivity contribution is 0.0465. The number of carbonyl (C=O) groups is 1. The van der Waals surface area contributed by atoms with Crippen molar-refractivity contribution in [1.29, 1.82) is 0 Å². The number of amides is 1. The fourth-order valence-electron chi connectivity index (χ4n) is 3.40. The minimum atomic E-state index is -0.480. The Morgan fingerprint density at radius 1 is 1.19 bits per heavy atom. The summed E-state index contributed by atoms with van der Waals surface area (Å²) in [5.41, 5.74) is 1.65. The van der Waals surface area contributed by atoms with Crippen molar-refractivity contribution in [1.82, 2.24) is 25.1 Å². The van der Waals surface area contributed by atoms with Crippen molar-refractivity contribution in [3.8, 4) is 5.69 Å². The van der Waals surface area contributed by atoms with E-state index in [1.807, 2.05) is 46.7 Å². The Morgan fingerprint density at radius 3 is 2.65 bits per heavy atom. The fraction of sp³-hybridized carbons (Fsp3) is 0.333. The number of hydrogen-bond donors (Lipinski definition) is 1. The van der Waals surface area contributed by atoms with Gasteiger partial charge in [-0.3, -0.25) is 4.79 Å². The Bertz CT molecular complexity index is 857. The maximum absolute atomic E-state index is 12.9. The number of aliphatic hydroxyl groups excluding tert-OH is 1. The largest absolute Gasteiger partial charge is 0.388 e. The van der Waals surface area contributed by atoms with E-state index in [2.05, 4.69) is 15.5 Å². The average Bonchev–Trinajstić information content (AvgIpc) is 3.39. The number of benzene rings is 1. The first-order valence-electron chi connectivity index (χ1n) is 8.57. The molecule has 0 bridgehead atoms. The SMILES string of the molecule is O=C(c1sccc1-n1cnnn1)N1CCC(C(O)c2ccccc2)CC1. The normalized spacial score (nSPS) is 16.6. The molecular formula is C18H19N5O2S. The first-order chi connectivity index (χ1) is 12.7. The predicted octanol–water partition coefficient (Wildman–Crippen LogP) is 2.31. The molecule has 0 radical (unpaired) electrons. The molecule has 1 saturated heterocycles. The van der Waals surface area contributed by atoms with Gasteiger partial charge in [-0.1, -0.05) is 30.3 Å². The zero-order chi connectivity index (χ0) is 17.9. The molecule has 134 valence electrons. The van der Waals surface area contributed by atoms with Gasteiger partial charge in [0.05, 0.1) is 11.8 Å². The highest BCUT2D eigenvalue weighted by Crippen LogP contribution is 2.32. The molecule has 0 saturated carbocycles. The zero-order valence-corrected chi connectivity index (χ0v) is 14.9. The minimum Gasteiger partial charge on any atom is -0.388 e. The smallest absolute Gasteiger partial charge is 0.266 e. The Morgan fingerprint density at radius 2 is 1.96 bits per heavy atom. The fourth-order valence-corrected chi connectivity index (χ4v) is 4.24. The summed E-state index contributed by atoms with van der Waals surface area (Å²) in [6, 6.07) is 11.6. The van der Waals surface area contributed by atoms with E-state index >= 15 is 0 Å². The van der Waals surface area contributed by atoms with Crippen molar-refractivity contribution in [3.63, 3.8) is 0 Å². The van der Waals surface area contributed by atoms with Gasteiger partial charge in [-0.25, -0.2) is 0 Å². The summed E-state index contributed by atoms with van der Waals surface area (Å²) in [4.78, 5) is 15.4. The predicted molar refractivity (Wildman–Crippen MR) is 97.1 cm³/mol. The van der Waals surface area contributed by atoms with Crippen LogP contribution in [-0.2, 0) is 0 Å². The number of rotatable bonds is 4. The number of aliphatic hydroxyl groups is 1. The van der Waals surface area contributed by atoms with Crippen LogP contribution in [0.1, 0.15) is 34.2 Å². The molecular weight excluding hydrogens is 350 g/mol. The van der Waals surface area contributed by atoms with Gasteiger partial charge in [0.25, 0.3) is 5.91 Å². The molecule has 1 amide bonds. The summed E-state index contributed by atoms with van der Waals surface area (Å²) < 4.78 is 1.51. The van der Waals surface area contributed by atoms with Gasteiger partial charge < -0.3 is 10.0 Å². The van der Waals surface area contributed by atoms with Crippen LogP contribution in [0.4, 0.5) is 0 Å². The van der Waals surface area contributed by atoms with Crippen molar-refractivity contribution in [3.05, 3.63) is 58.5 Å². The van der Waals surface area contributed by atoms with Crippen LogP contribution >= 0.6 is 11.3 Å². The van der Waals surface area contributed by atoms with E-state index in [0.29, 0.717) is 23.7 Å². The van der Waals surface area contributed by atoms with Crippen LogP contribution in [0.2, 0.25) is 0 Å². The van der Waals surface area contributed by atoms with E-state index < -0.39 is 6.10 Å². The first-order valence-corrected chi connectivity index (χ1v) is 9.45. The van der Waals surface area contributed by atoms with E-state index in [1.165, 1.54) is 22.3 Å². The summed E-state index contributed by atoms with van der Waals surface area (Å²) in [5, 5.41) is 23.6. The lowest BCUT2D eigenvalue weighted by Crippen LogP contribution is -2.39. The van der Waals surface area contributed by atoms with Crippen molar-refractivity contribution in [2.24, 2.45) is 5.92 Å². The quantitative estimate of drug-likeness (QED) is 0.763. The van der Waals surface area contributed by atoms with Gasteiger partial charge in [0.15, 0.2) is 0 Å². The highest BCUT2D eigenvalue weighted by atomic mass is 32.1. The van der Waals surface area contributed by atoms with E-state index in [0.717, 1.165) is 18.4 Å². The van der Waals surface area contributed by atoms with Crippen LogP contribution in [0.15, 0.2) is 48.1 Å². The third kappa shape index (κ3) is 3.25. The lowest BCUT2D eigenvalue weighted by atomic mass is 9.87. The number of aromatic nitrogens is 4. The van der Waals surface area contributed by atoms with Crippen molar-refractivity contribution in [2.45, 2.75) is 18.9 Å². The molecule has 8 heteroatoms. The Hall–Kier alpha value is -2.58. The number of piperidine rings is 1. The number of likely N-dealkylation sites (tertiary alicyclic amines) is 1. The number of tetrazole rings is 1. The van der Waals surface area contributed by atoms with Crippen LogP contribution in [0, 0.1) is 5.92 Å². The minimum absolute atomic E-state index is 0.00171. The number of carbonyl (C=O) groups excluding carboxylic acids is 1. The molecule has 1 fully saturated rings. The molecule has 2 aromatic heterocycles. The van der Waals surface area contributed by atoms with E-state index in [9.17, 15) is 9.90 Å². The highest BCUT2D eigenvalue weighted by Gasteiger charge is 2.30. The summed E-state index contributed by atoms with van der Waals surface area (Å²) in [6.07, 6.45) is 2.58. The third-order valence-corrected chi connectivity index (χ3v) is 5.74. The van der Waals surface area contributed by atoms with Gasteiger partial charge in [0, 0.05) is 13.1 Å². The van der Waals surface area contributed by atoms with Crippen molar-refractivity contribution >= 4 is 17.2 Å². The molecule has 1 N–H and O–H groups in total. The molecule has 1 aliphatic heterocycles. The molecule has 0 aliphatic carbocycles. The molecule has 3 heterocycles. The maximum Gasteiger partial charge on any atom is 0.266 e. The van der Waals surface area contributed by atoms with Crippen LogP contribution < -0.4 is 0 Å². The van der Waals surface area contributed by atoms with E-state index in [4.69, 9.17) is 0 Å². The van der Waals surface area contributed by atoms with Gasteiger partial charge >= 0.3 is 0 Å². The Kier molecular flexibility index (Phi) is 4.77. The second kappa shape index (κ2) is 7.35. The monoisotopic (exact) mass is 369 g/mol. The second-order valence-electron chi connectivity index (χ2n) is 6.37. The molecule has 7 nitrogen and oxygen atoms in total. The molecule has 1 atom stereocenters. The third-order valence-electron chi connectivity index (χ3n) is 4.85. The summed E-state index contributed by atoms with van der Waals surface area (Å²) >= 11 is 1.40. The van der Waals surface area contributed by atoms with E-state index in [1.54, 1.807) is 0 Å². The number of thiophene rings is 1. The Labute approximate surface area is 154 Å². The van der Waals surface area contributed by atoms with Crippen molar-refractivity contribution < 1.29 is 9.90 Å². The summed E-state index contributed by atoms with van der Waals surface area (Å²) in [6.45, 7) is 1.28. The standard InChI is InChI=1S/C18H19N5O2S/c24-16(13-4-2-1-3-5-13)14-6-9-22(10-7-14)18(25)17-15(8-11-26-17)23-12-19-20-21-23/h1-5,8,11-12,14,16,24H,6-7,9-10H2. The number of nitrogens with zero attached hydrogens (tertiary/aromatic N) is 5. The highest BCUT2D eigenvalue weighted by molar-refractivity contribution is 7.12. The second-order valence-corrected chi connectivity index (χ2v) is 7.29. The molecule has 26 heavy (non-hydrogen) atoms. The molecule has 0 spiro atoms. The lowest BCUT2D eigenvalue weighted by Gasteiger charge is -2.34. The van der Waals surface area contributed by atoms with Crippen LogP contribution in [0.25, 0.3) is 5.69 Å². The first kappa shape index (κ1) is 16.9. The van der Waals surface area contributed by atoms with Crippen LogP contribution in [-0.4, -0.2) is 49.2 Å². The molecule has 4 rings (SSSR count). The maximum atomic E-state index is 12.9. The van der Waals surface area contributed by atoms with E-state index in [-0.39, 0.29) is 11.8 Å². The summed E-state index contributed by atoms with van der Waals surface area (Å²) in [5.74, 6) is 0.168. The molecule has 1 aliphatic rings. The Balaban J connectivity index is 1.42. The molecule has 1 unspecified atom stereocenters. The number of hydrogen-bond acceptors (Lipinski definition) is 6. The average molecular weight is 369 g/mol. The van der Waals surface area contributed by atoms with Crippen molar-refractivity contribution in [2.75, 3.05) is 13.1 Å². The van der Waals surface area contributed by atoms with Gasteiger partial charge in [-0.2, -0.15) is 4.68 Å².